The van der Waals surface area contributed by atoms with Gasteiger partial charge < -0.3 is 15.5 Å². The fraction of sp³-hybridized carbons (Fsp3) is 0.938. The quantitative estimate of drug-likeness (QED) is 0.303. The van der Waals surface area contributed by atoms with Crippen molar-refractivity contribution >= 4 is 29.9 Å². The second-order valence-electron chi connectivity index (χ2n) is 6.18. The first kappa shape index (κ1) is 24.7. The molecule has 1 aliphatic heterocycles. The lowest BCUT2D eigenvalue weighted by molar-refractivity contribution is -0.143. The summed E-state index contributed by atoms with van der Waals surface area (Å²) in [6.45, 7) is 10.7. The van der Waals surface area contributed by atoms with E-state index in [9.17, 15) is 13.2 Å². The fourth-order valence-electron chi connectivity index (χ4n) is 2.91. The molecule has 1 aliphatic rings. The second-order valence-corrected chi connectivity index (χ2v) is 6.18. The van der Waals surface area contributed by atoms with E-state index in [2.05, 4.69) is 34.4 Å². The van der Waals surface area contributed by atoms with Gasteiger partial charge in [0.05, 0.1) is 13.1 Å². The minimum atomic E-state index is -4.13. The predicted octanol–water partition coefficient (Wildman–Crippen LogP) is 2.53. The summed E-state index contributed by atoms with van der Waals surface area (Å²) < 4.78 is 37.4. The summed E-state index contributed by atoms with van der Waals surface area (Å²) in [4.78, 5) is 8.35. The number of hydrogen-bond donors (Lipinski definition) is 2. The number of alkyl halides is 3. The molecule has 0 amide bonds. The summed E-state index contributed by atoms with van der Waals surface area (Å²) in [5.41, 5.74) is 0. The molecule has 2 N–H and O–H groups in total. The summed E-state index contributed by atoms with van der Waals surface area (Å²) in [5.74, 6) is 0.698. The van der Waals surface area contributed by atoms with Crippen molar-refractivity contribution in [2.75, 3.05) is 52.4 Å². The highest BCUT2D eigenvalue weighted by molar-refractivity contribution is 14.0. The molecule has 0 spiro atoms. The van der Waals surface area contributed by atoms with Gasteiger partial charge in [-0.05, 0) is 32.9 Å². The van der Waals surface area contributed by atoms with Crippen molar-refractivity contribution in [1.29, 1.82) is 0 Å². The third kappa shape index (κ3) is 11.1. The number of likely N-dealkylation sites (tertiary alicyclic amines) is 1. The first-order valence-corrected chi connectivity index (χ1v) is 8.94. The molecule has 1 unspecified atom stereocenters. The van der Waals surface area contributed by atoms with Crippen molar-refractivity contribution < 1.29 is 13.2 Å². The highest BCUT2D eigenvalue weighted by Crippen LogP contribution is 2.19. The highest BCUT2D eigenvalue weighted by atomic mass is 127. The van der Waals surface area contributed by atoms with Crippen LogP contribution in [0, 0.1) is 0 Å². The molecule has 5 nitrogen and oxygen atoms in total. The average Bonchev–Trinajstić information content (AvgIpc) is 2.91. The van der Waals surface area contributed by atoms with E-state index < -0.39 is 12.7 Å². The van der Waals surface area contributed by atoms with Gasteiger partial charge in [-0.2, -0.15) is 13.2 Å². The van der Waals surface area contributed by atoms with Crippen LogP contribution >= 0.6 is 24.0 Å². The van der Waals surface area contributed by atoms with Crippen molar-refractivity contribution in [1.82, 2.24) is 20.4 Å². The lowest BCUT2D eigenvalue weighted by atomic mass is 10.3. The van der Waals surface area contributed by atoms with Crippen LogP contribution < -0.4 is 10.6 Å². The van der Waals surface area contributed by atoms with Crippen LogP contribution in [0.25, 0.3) is 0 Å². The zero-order valence-corrected chi connectivity index (χ0v) is 17.9. The van der Waals surface area contributed by atoms with E-state index in [-0.39, 0.29) is 30.0 Å². The first-order chi connectivity index (χ1) is 11.4. The Labute approximate surface area is 166 Å². The standard InChI is InChI=1S/C16H32F3N5.HI/c1-4-9-23(6-3)11-8-21-15(20-5-2)22-14-7-10-24(12-14)13-16(17,18)19;/h14H,4-13H2,1-3H3,(H2,20,21,22);1H. The largest absolute Gasteiger partial charge is 0.401 e. The van der Waals surface area contributed by atoms with Gasteiger partial charge in [0, 0.05) is 32.2 Å². The normalized spacial score (nSPS) is 19.2. The third-order valence-electron chi connectivity index (χ3n) is 4.03. The van der Waals surface area contributed by atoms with E-state index >= 15 is 0 Å². The fourth-order valence-corrected chi connectivity index (χ4v) is 2.91. The number of likely N-dealkylation sites (N-methyl/N-ethyl adjacent to an activating group) is 1. The van der Waals surface area contributed by atoms with Crippen molar-refractivity contribution in [3.63, 3.8) is 0 Å². The maximum absolute atomic E-state index is 12.5. The Morgan fingerprint density at radius 1 is 1.24 bits per heavy atom. The molecule has 9 heteroatoms. The van der Waals surface area contributed by atoms with Crippen molar-refractivity contribution in [2.24, 2.45) is 4.99 Å². The summed E-state index contributed by atoms with van der Waals surface area (Å²) in [6.07, 6.45) is -2.30. The average molecular weight is 479 g/mol. The van der Waals surface area contributed by atoms with Gasteiger partial charge in [0.1, 0.15) is 0 Å². The molecule has 1 rings (SSSR count). The molecule has 150 valence electrons. The van der Waals surface area contributed by atoms with Gasteiger partial charge in [-0.25, -0.2) is 0 Å². The Morgan fingerprint density at radius 2 is 1.96 bits per heavy atom. The Morgan fingerprint density at radius 3 is 2.52 bits per heavy atom. The van der Waals surface area contributed by atoms with E-state index in [0.29, 0.717) is 32.0 Å². The smallest absolute Gasteiger partial charge is 0.357 e. The number of guanidine groups is 1. The van der Waals surface area contributed by atoms with Crippen molar-refractivity contribution in [2.45, 2.75) is 45.8 Å². The summed E-state index contributed by atoms with van der Waals surface area (Å²) in [5, 5.41) is 6.44. The highest BCUT2D eigenvalue weighted by Gasteiger charge is 2.34. The zero-order chi connectivity index (χ0) is 18.0. The molecule has 0 bridgehead atoms. The topological polar surface area (TPSA) is 42.9 Å². The van der Waals surface area contributed by atoms with E-state index in [1.54, 1.807) is 0 Å². The number of hydrogen-bond acceptors (Lipinski definition) is 3. The van der Waals surface area contributed by atoms with Crippen LogP contribution in [0.5, 0.6) is 0 Å². The van der Waals surface area contributed by atoms with Crippen LogP contribution in [0.15, 0.2) is 4.99 Å². The molecule has 1 saturated heterocycles. The Balaban J connectivity index is 0.00000576. The molecule has 25 heavy (non-hydrogen) atoms. The number of halogens is 4. The molecule has 0 saturated carbocycles. The van der Waals surface area contributed by atoms with Crippen molar-refractivity contribution in [3.05, 3.63) is 0 Å². The Kier molecular flexibility index (Phi) is 12.8. The molecule has 0 aromatic heterocycles. The summed E-state index contributed by atoms with van der Waals surface area (Å²) in [7, 11) is 0. The second kappa shape index (κ2) is 13.0. The van der Waals surface area contributed by atoms with Crippen LogP contribution in [0.4, 0.5) is 13.2 Å². The maximum atomic E-state index is 12.5. The van der Waals surface area contributed by atoms with Crippen LogP contribution in [-0.4, -0.2) is 80.3 Å². The maximum Gasteiger partial charge on any atom is 0.401 e. The molecule has 1 fully saturated rings. The predicted molar refractivity (Wildman–Crippen MR) is 108 cm³/mol. The van der Waals surface area contributed by atoms with Crippen LogP contribution in [-0.2, 0) is 0 Å². The molecule has 1 atom stereocenters. The van der Waals surface area contributed by atoms with Gasteiger partial charge in [-0.1, -0.05) is 13.8 Å². The molecular weight excluding hydrogens is 446 g/mol. The molecular formula is C16H33F3IN5. The van der Waals surface area contributed by atoms with E-state index in [1.165, 1.54) is 4.90 Å². The van der Waals surface area contributed by atoms with E-state index in [4.69, 9.17) is 0 Å². The molecule has 0 aromatic rings. The van der Waals surface area contributed by atoms with Crippen molar-refractivity contribution in [3.8, 4) is 0 Å². The first-order valence-electron chi connectivity index (χ1n) is 8.94. The Hall–Kier alpha value is -0.290. The van der Waals surface area contributed by atoms with E-state index in [0.717, 1.165) is 32.6 Å². The number of aliphatic imine (C=N–C) groups is 1. The van der Waals surface area contributed by atoms with Gasteiger partial charge >= 0.3 is 6.18 Å². The summed E-state index contributed by atoms with van der Waals surface area (Å²) in [6, 6.07) is 0.0167. The SMILES string of the molecule is CCCN(CC)CCN=C(NCC)NC1CCN(CC(F)(F)F)C1.I. The third-order valence-corrected chi connectivity index (χ3v) is 4.03. The molecule has 0 radical (unpaired) electrons. The Bertz CT molecular complexity index is 379. The van der Waals surface area contributed by atoms with Gasteiger partial charge in [0.25, 0.3) is 0 Å². The molecule has 0 aliphatic carbocycles. The molecule has 1 heterocycles. The van der Waals surface area contributed by atoms with Crippen LogP contribution in [0.2, 0.25) is 0 Å². The lowest BCUT2D eigenvalue weighted by Gasteiger charge is -2.21. The summed E-state index contributed by atoms with van der Waals surface area (Å²) >= 11 is 0. The van der Waals surface area contributed by atoms with Crippen LogP contribution in [0.1, 0.15) is 33.6 Å². The minimum Gasteiger partial charge on any atom is -0.357 e. The van der Waals surface area contributed by atoms with Gasteiger partial charge in [-0.15, -0.1) is 24.0 Å². The van der Waals surface area contributed by atoms with Gasteiger partial charge in [-0.3, -0.25) is 9.89 Å². The molecule has 0 aromatic carbocycles. The minimum absolute atomic E-state index is 0. The van der Waals surface area contributed by atoms with E-state index in [1.807, 2.05) is 6.92 Å². The number of nitrogens with zero attached hydrogens (tertiary/aromatic N) is 3. The number of nitrogens with one attached hydrogen (secondary N) is 2. The van der Waals surface area contributed by atoms with Crippen LogP contribution in [0.3, 0.4) is 0 Å². The monoisotopic (exact) mass is 479 g/mol. The lowest BCUT2D eigenvalue weighted by Crippen LogP contribution is -2.45. The zero-order valence-electron chi connectivity index (χ0n) is 15.5. The van der Waals surface area contributed by atoms with Gasteiger partial charge in [0.2, 0.25) is 0 Å². The number of rotatable bonds is 9. The van der Waals surface area contributed by atoms with Gasteiger partial charge in [0.15, 0.2) is 5.96 Å².